The molecular formula is C15H32N2O2. The summed E-state index contributed by atoms with van der Waals surface area (Å²) in [7, 11) is 3.58. The summed E-state index contributed by atoms with van der Waals surface area (Å²) in [5, 5.41) is 3.26. The lowest BCUT2D eigenvalue weighted by atomic mass is 9.92. The Bertz CT molecular complexity index is 271. The number of hydrogen-bond acceptors (Lipinski definition) is 4. The molecule has 4 nitrogen and oxygen atoms in total. The standard InChI is InChI=1S/C15H32N2O2/c1-8-12(3)11-17(6)13(4)10-15(5,16-9-2)14(18)19-7/h12-13,16H,8-11H2,1-7H3. The summed E-state index contributed by atoms with van der Waals surface area (Å²) in [5.74, 6) is 0.495. The molecule has 0 aliphatic heterocycles. The predicted molar refractivity (Wildman–Crippen MR) is 80.3 cm³/mol. The van der Waals surface area contributed by atoms with Crippen molar-refractivity contribution in [3.63, 3.8) is 0 Å². The van der Waals surface area contributed by atoms with Crippen LogP contribution in [-0.2, 0) is 9.53 Å². The van der Waals surface area contributed by atoms with E-state index in [4.69, 9.17) is 4.74 Å². The lowest BCUT2D eigenvalue weighted by Crippen LogP contribution is -2.53. The maximum atomic E-state index is 12.0. The molecule has 0 aromatic carbocycles. The van der Waals surface area contributed by atoms with E-state index in [2.05, 4.69) is 38.0 Å². The molecule has 0 aliphatic rings. The molecule has 0 radical (unpaired) electrons. The van der Waals surface area contributed by atoms with Gasteiger partial charge in [-0.1, -0.05) is 27.2 Å². The lowest BCUT2D eigenvalue weighted by Gasteiger charge is -2.35. The minimum absolute atomic E-state index is 0.182. The van der Waals surface area contributed by atoms with Gasteiger partial charge in [-0.15, -0.1) is 0 Å². The molecule has 0 aliphatic carbocycles. The maximum absolute atomic E-state index is 12.0. The van der Waals surface area contributed by atoms with Gasteiger partial charge in [-0.3, -0.25) is 4.79 Å². The highest BCUT2D eigenvalue weighted by Crippen LogP contribution is 2.18. The summed E-state index contributed by atoms with van der Waals surface area (Å²) in [6.45, 7) is 12.4. The summed E-state index contributed by atoms with van der Waals surface area (Å²) < 4.78 is 4.93. The average molecular weight is 272 g/mol. The Hall–Kier alpha value is -0.610. The molecule has 0 amide bonds. The molecule has 3 atom stereocenters. The molecule has 0 bridgehead atoms. The number of hydrogen-bond donors (Lipinski definition) is 1. The number of nitrogens with zero attached hydrogens (tertiary/aromatic N) is 1. The lowest BCUT2D eigenvalue weighted by molar-refractivity contribution is -0.148. The summed E-state index contributed by atoms with van der Waals surface area (Å²) in [6, 6.07) is 0.331. The van der Waals surface area contributed by atoms with E-state index in [0.717, 1.165) is 19.5 Å². The van der Waals surface area contributed by atoms with Gasteiger partial charge >= 0.3 is 5.97 Å². The van der Waals surface area contributed by atoms with E-state index in [0.29, 0.717) is 12.0 Å². The number of esters is 1. The van der Waals surface area contributed by atoms with E-state index < -0.39 is 5.54 Å². The number of ether oxygens (including phenoxy) is 1. The van der Waals surface area contributed by atoms with E-state index in [1.807, 2.05) is 13.8 Å². The van der Waals surface area contributed by atoms with E-state index in [-0.39, 0.29) is 5.97 Å². The van der Waals surface area contributed by atoms with Gasteiger partial charge in [-0.25, -0.2) is 0 Å². The molecule has 19 heavy (non-hydrogen) atoms. The fraction of sp³-hybridized carbons (Fsp3) is 0.933. The zero-order valence-corrected chi connectivity index (χ0v) is 13.7. The summed E-state index contributed by atoms with van der Waals surface area (Å²) in [5.41, 5.74) is -0.605. The molecule has 0 aromatic heterocycles. The minimum atomic E-state index is -0.605. The van der Waals surface area contributed by atoms with E-state index in [1.165, 1.54) is 13.5 Å². The topological polar surface area (TPSA) is 41.6 Å². The number of nitrogens with one attached hydrogen (secondary N) is 1. The SMILES string of the molecule is CCNC(C)(CC(C)N(C)CC(C)CC)C(=O)OC. The van der Waals surface area contributed by atoms with Gasteiger partial charge in [0.05, 0.1) is 7.11 Å². The van der Waals surface area contributed by atoms with Crippen LogP contribution in [0.1, 0.15) is 47.5 Å². The zero-order valence-electron chi connectivity index (χ0n) is 13.7. The first kappa shape index (κ1) is 18.4. The summed E-state index contributed by atoms with van der Waals surface area (Å²) in [6.07, 6.45) is 1.93. The largest absolute Gasteiger partial charge is 0.468 e. The molecule has 1 N–H and O–H groups in total. The number of carbonyl (C=O) groups is 1. The number of methoxy groups -OCH3 is 1. The van der Waals surface area contributed by atoms with Gasteiger partial charge in [-0.2, -0.15) is 0 Å². The van der Waals surface area contributed by atoms with Crippen molar-refractivity contribution in [2.45, 2.75) is 59.0 Å². The van der Waals surface area contributed by atoms with Crippen molar-refractivity contribution in [3.05, 3.63) is 0 Å². The monoisotopic (exact) mass is 272 g/mol. The van der Waals surface area contributed by atoms with Crippen LogP contribution < -0.4 is 5.32 Å². The van der Waals surface area contributed by atoms with Crippen LogP contribution in [0.2, 0.25) is 0 Å². The summed E-state index contributed by atoms with van der Waals surface area (Å²) >= 11 is 0. The Balaban J connectivity index is 4.62. The quantitative estimate of drug-likeness (QED) is 0.654. The highest BCUT2D eigenvalue weighted by molar-refractivity contribution is 5.80. The Kier molecular flexibility index (Phi) is 8.26. The molecule has 4 heteroatoms. The van der Waals surface area contributed by atoms with Crippen LogP contribution in [0.4, 0.5) is 0 Å². The van der Waals surface area contributed by atoms with Crippen LogP contribution in [0, 0.1) is 5.92 Å². The first-order valence-electron chi connectivity index (χ1n) is 7.34. The summed E-state index contributed by atoms with van der Waals surface area (Å²) in [4.78, 5) is 14.3. The number of carbonyl (C=O) groups excluding carboxylic acids is 1. The Labute approximate surface area is 118 Å². The van der Waals surface area contributed by atoms with Crippen LogP contribution in [0.5, 0.6) is 0 Å². The fourth-order valence-electron chi connectivity index (χ4n) is 2.39. The normalized spacial score (nSPS) is 17.9. The molecule has 0 saturated heterocycles. The third kappa shape index (κ3) is 5.91. The first-order chi connectivity index (χ1) is 8.80. The van der Waals surface area contributed by atoms with E-state index in [1.54, 1.807) is 0 Å². The van der Waals surface area contributed by atoms with Gasteiger partial charge in [0.25, 0.3) is 0 Å². The molecule has 0 spiro atoms. The molecule has 114 valence electrons. The van der Waals surface area contributed by atoms with Gasteiger partial charge in [0.1, 0.15) is 5.54 Å². The Morgan fingerprint density at radius 1 is 1.37 bits per heavy atom. The average Bonchev–Trinajstić information content (AvgIpc) is 2.37. The number of likely N-dealkylation sites (N-methyl/N-ethyl adjacent to an activating group) is 1. The van der Waals surface area contributed by atoms with Crippen molar-refractivity contribution in [1.29, 1.82) is 0 Å². The van der Waals surface area contributed by atoms with Crippen LogP contribution in [-0.4, -0.2) is 49.7 Å². The minimum Gasteiger partial charge on any atom is -0.468 e. The van der Waals surface area contributed by atoms with Crippen molar-refractivity contribution in [2.24, 2.45) is 5.92 Å². The highest BCUT2D eigenvalue weighted by Gasteiger charge is 2.35. The Morgan fingerprint density at radius 3 is 2.37 bits per heavy atom. The smallest absolute Gasteiger partial charge is 0.325 e. The molecule has 0 fully saturated rings. The molecule has 3 unspecified atom stereocenters. The number of rotatable bonds is 9. The second kappa shape index (κ2) is 8.54. The van der Waals surface area contributed by atoms with Gasteiger partial charge in [0, 0.05) is 12.6 Å². The van der Waals surface area contributed by atoms with Crippen molar-refractivity contribution >= 4 is 5.97 Å². The fourth-order valence-corrected chi connectivity index (χ4v) is 2.39. The second-order valence-corrected chi connectivity index (χ2v) is 5.86. The van der Waals surface area contributed by atoms with Crippen molar-refractivity contribution < 1.29 is 9.53 Å². The molecule has 0 heterocycles. The highest BCUT2D eigenvalue weighted by atomic mass is 16.5. The van der Waals surface area contributed by atoms with Crippen LogP contribution in [0.15, 0.2) is 0 Å². The van der Waals surface area contributed by atoms with Gasteiger partial charge < -0.3 is 15.0 Å². The molecule has 0 saturated carbocycles. The Morgan fingerprint density at radius 2 is 1.95 bits per heavy atom. The van der Waals surface area contributed by atoms with Crippen molar-refractivity contribution in [2.75, 3.05) is 27.2 Å². The molecular weight excluding hydrogens is 240 g/mol. The maximum Gasteiger partial charge on any atom is 0.325 e. The molecule has 0 rings (SSSR count). The van der Waals surface area contributed by atoms with Gasteiger partial charge in [0.2, 0.25) is 0 Å². The van der Waals surface area contributed by atoms with Crippen molar-refractivity contribution in [3.8, 4) is 0 Å². The third-order valence-electron chi connectivity index (χ3n) is 3.96. The third-order valence-corrected chi connectivity index (χ3v) is 3.96. The second-order valence-electron chi connectivity index (χ2n) is 5.86. The zero-order chi connectivity index (χ0) is 15.1. The van der Waals surface area contributed by atoms with E-state index >= 15 is 0 Å². The van der Waals surface area contributed by atoms with Crippen LogP contribution >= 0.6 is 0 Å². The van der Waals surface area contributed by atoms with Crippen LogP contribution in [0.25, 0.3) is 0 Å². The first-order valence-corrected chi connectivity index (χ1v) is 7.34. The van der Waals surface area contributed by atoms with Gasteiger partial charge in [-0.05, 0) is 39.8 Å². The predicted octanol–water partition coefficient (Wildman–Crippen LogP) is 2.28. The van der Waals surface area contributed by atoms with Gasteiger partial charge in [0.15, 0.2) is 0 Å². The molecule has 0 aromatic rings. The van der Waals surface area contributed by atoms with E-state index in [9.17, 15) is 4.79 Å². The van der Waals surface area contributed by atoms with Crippen molar-refractivity contribution in [1.82, 2.24) is 10.2 Å². The van der Waals surface area contributed by atoms with Crippen LogP contribution in [0.3, 0.4) is 0 Å².